The van der Waals surface area contributed by atoms with Gasteiger partial charge in [0, 0.05) is 6.04 Å². The molecule has 24 heavy (non-hydrogen) atoms. The number of aliphatic hydroxyl groups is 1. The molecule has 2 aromatic rings. The van der Waals surface area contributed by atoms with Crippen LogP contribution in [0.5, 0.6) is 0 Å². The van der Waals surface area contributed by atoms with Crippen LogP contribution in [0.2, 0.25) is 0 Å². The lowest BCUT2D eigenvalue weighted by atomic mass is 9.95. The van der Waals surface area contributed by atoms with Crippen molar-refractivity contribution in [1.82, 2.24) is 4.90 Å². The Morgan fingerprint density at radius 2 is 1.92 bits per heavy atom. The van der Waals surface area contributed by atoms with Crippen LogP contribution in [-0.4, -0.2) is 34.2 Å². The first-order valence-corrected chi connectivity index (χ1v) is 8.41. The first-order chi connectivity index (χ1) is 11.6. The molecule has 0 bridgehead atoms. The fourth-order valence-corrected chi connectivity index (χ4v) is 3.44. The van der Waals surface area contributed by atoms with Gasteiger partial charge < -0.3 is 10.2 Å². The monoisotopic (exact) mass is 325 g/mol. The summed E-state index contributed by atoms with van der Waals surface area (Å²) < 4.78 is 0. The predicted molar refractivity (Wildman–Crippen MR) is 94.0 cm³/mol. The highest BCUT2D eigenvalue weighted by Gasteiger charge is 2.20. The molecule has 2 aromatic carbocycles. The van der Waals surface area contributed by atoms with Gasteiger partial charge in [-0.05, 0) is 73.3 Å². The molecule has 0 unspecified atom stereocenters. The molecule has 126 valence electrons. The maximum atomic E-state index is 11.1. The van der Waals surface area contributed by atoms with Crippen molar-refractivity contribution < 1.29 is 15.0 Å². The molecule has 0 spiro atoms. The molecular formula is C20H23NO3. The summed E-state index contributed by atoms with van der Waals surface area (Å²) in [5, 5.41) is 18.8. The Hall–Kier alpha value is -2.17. The Balaban J connectivity index is 1.95. The summed E-state index contributed by atoms with van der Waals surface area (Å²) in [4.78, 5) is 13.6. The van der Waals surface area contributed by atoms with Gasteiger partial charge in [0.1, 0.15) is 0 Å². The van der Waals surface area contributed by atoms with Gasteiger partial charge in [0.25, 0.3) is 0 Å². The van der Waals surface area contributed by atoms with Crippen LogP contribution in [0.15, 0.2) is 42.5 Å². The number of benzene rings is 2. The summed E-state index contributed by atoms with van der Waals surface area (Å²) in [6.07, 6.45) is 2.52. The lowest BCUT2D eigenvalue weighted by molar-refractivity contribution is 0.0696. The molecule has 0 amide bonds. The molecule has 1 atom stereocenters. The molecule has 1 aliphatic rings. The molecule has 1 aliphatic heterocycles. The fraction of sp³-hybridized carbons (Fsp3) is 0.350. The molecule has 2 N–H and O–H groups in total. The zero-order valence-electron chi connectivity index (χ0n) is 13.9. The topological polar surface area (TPSA) is 60.8 Å². The van der Waals surface area contributed by atoms with E-state index in [1.165, 1.54) is 18.4 Å². The largest absolute Gasteiger partial charge is 0.478 e. The summed E-state index contributed by atoms with van der Waals surface area (Å²) in [6.45, 7) is 4.33. The van der Waals surface area contributed by atoms with Crippen molar-refractivity contribution in [3.8, 4) is 11.1 Å². The molecule has 4 heteroatoms. The second-order valence-corrected chi connectivity index (χ2v) is 6.38. The van der Waals surface area contributed by atoms with Crippen LogP contribution in [0.3, 0.4) is 0 Å². The second-order valence-electron chi connectivity index (χ2n) is 6.38. The molecule has 0 radical (unpaired) electrons. The van der Waals surface area contributed by atoms with Crippen LogP contribution in [0.4, 0.5) is 0 Å². The van der Waals surface area contributed by atoms with Gasteiger partial charge in [0.15, 0.2) is 0 Å². The van der Waals surface area contributed by atoms with Gasteiger partial charge in [0.05, 0.1) is 12.2 Å². The molecule has 0 aliphatic carbocycles. The standard InChI is InChI=1S/C20H23NO3/c1-14(21-9-2-3-10-21)15-5-4-6-16(11-15)19-8-7-17(20(23)24)12-18(19)13-22/h4-8,11-12,14,22H,2-3,9-10,13H2,1H3,(H,23,24)/t14-/m1/s1. The Bertz CT molecular complexity index is 735. The normalized spacial score (nSPS) is 16.2. The minimum Gasteiger partial charge on any atom is -0.478 e. The van der Waals surface area contributed by atoms with E-state index in [1.54, 1.807) is 18.2 Å². The average Bonchev–Trinajstić information content (AvgIpc) is 3.15. The summed E-state index contributed by atoms with van der Waals surface area (Å²) in [7, 11) is 0. The molecule has 1 saturated heterocycles. The van der Waals surface area contributed by atoms with Crippen LogP contribution < -0.4 is 0 Å². The van der Waals surface area contributed by atoms with E-state index in [2.05, 4.69) is 24.0 Å². The predicted octanol–water partition coefficient (Wildman–Crippen LogP) is 3.70. The van der Waals surface area contributed by atoms with Crippen molar-refractivity contribution in [2.75, 3.05) is 13.1 Å². The Kier molecular flexibility index (Phi) is 4.97. The van der Waals surface area contributed by atoms with E-state index in [0.29, 0.717) is 11.6 Å². The summed E-state index contributed by atoms with van der Waals surface area (Å²) in [5.41, 5.74) is 3.99. The van der Waals surface area contributed by atoms with Crippen molar-refractivity contribution in [3.63, 3.8) is 0 Å². The first kappa shape index (κ1) is 16.7. The van der Waals surface area contributed by atoms with E-state index < -0.39 is 5.97 Å². The van der Waals surface area contributed by atoms with E-state index >= 15 is 0 Å². The number of aromatic carboxylic acids is 1. The van der Waals surface area contributed by atoms with Crippen LogP contribution in [0.25, 0.3) is 11.1 Å². The number of likely N-dealkylation sites (tertiary alicyclic amines) is 1. The first-order valence-electron chi connectivity index (χ1n) is 8.41. The summed E-state index contributed by atoms with van der Waals surface area (Å²) in [5.74, 6) is -0.979. The number of carbonyl (C=O) groups is 1. The van der Waals surface area contributed by atoms with Crippen molar-refractivity contribution in [2.24, 2.45) is 0 Å². The average molecular weight is 325 g/mol. The molecule has 0 aromatic heterocycles. The lowest BCUT2D eigenvalue weighted by Gasteiger charge is -2.24. The number of carboxylic acid groups (broad SMARTS) is 1. The lowest BCUT2D eigenvalue weighted by Crippen LogP contribution is -2.23. The molecule has 0 saturated carbocycles. The van der Waals surface area contributed by atoms with E-state index in [-0.39, 0.29) is 12.2 Å². The van der Waals surface area contributed by atoms with Gasteiger partial charge in [-0.1, -0.05) is 24.3 Å². The summed E-state index contributed by atoms with van der Waals surface area (Å²) >= 11 is 0. The third-order valence-electron chi connectivity index (χ3n) is 4.89. The van der Waals surface area contributed by atoms with Gasteiger partial charge in [-0.2, -0.15) is 0 Å². The van der Waals surface area contributed by atoms with Gasteiger partial charge in [-0.3, -0.25) is 4.90 Å². The number of hydrogen-bond donors (Lipinski definition) is 2. The van der Waals surface area contributed by atoms with Crippen LogP contribution in [0.1, 0.15) is 47.3 Å². The smallest absolute Gasteiger partial charge is 0.335 e. The number of hydrogen-bond acceptors (Lipinski definition) is 3. The van der Waals surface area contributed by atoms with Crippen LogP contribution >= 0.6 is 0 Å². The third-order valence-corrected chi connectivity index (χ3v) is 4.89. The molecular weight excluding hydrogens is 302 g/mol. The zero-order chi connectivity index (χ0) is 17.1. The summed E-state index contributed by atoms with van der Waals surface area (Å²) in [6, 6.07) is 13.6. The Morgan fingerprint density at radius 3 is 2.58 bits per heavy atom. The van der Waals surface area contributed by atoms with E-state index in [9.17, 15) is 9.90 Å². The number of aliphatic hydroxyl groups excluding tert-OH is 1. The van der Waals surface area contributed by atoms with Gasteiger partial charge in [0.2, 0.25) is 0 Å². The fourth-order valence-electron chi connectivity index (χ4n) is 3.44. The van der Waals surface area contributed by atoms with Gasteiger partial charge >= 0.3 is 5.97 Å². The van der Waals surface area contributed by atoms with Crippen LogP contribution in [0, 0.1) is 0 Å². The van der Waals surface area contributed by atoms with E-state index in [0.717, 1.165) is 24.2 Å². The number of nitrogens with zero attached hydrogens (tertiary/aromatic N) is 1. The molecule has 4 nitrogen and oxygen atoms in total. The highest BCUT2D eigenvalue weighted by atomic mass is 16.4. The maximum absolute atomic E-state index is 11.1. The van der Waals surface area contributed by atoms with E-state index in [4.69, 9.17) is 5.11 Å². The zero-order valence-corrected chi connectivity index (χ0v) is 13.9. The Morgan fingerprint density at radius 1 is 1.17 bits per heavy atom. The molecule has 1 fully saturated rings. The van der Waals surface area contributed by atoms with Crippen molar-refractivity contribution in [2.45, 2.75) is 32.4 Å². The Labute approximate surface area is 142 Å². The number of rotatable bonds is 5. The minimum absolute atomic E-state index is 0.178. The highest BCUT2D eigenvalue weighted by Crippen LogP contribution is 2.30. The minimum atomic E-state index is -0.979. The molecule has 1 heterocycles. The van der Waals surface area contributed by atoms with Gasteiger partial charge in [-0.25, -0.2) is 4.79 Å². The number of carboxylic acids is 1. The van der Waals surface area contributed by atoms with E-state index in [1.807, 2.05) is 12.1 Å². The highest BCUT2D eigenvalue weighted by molar-refractivity contribution is 5.89. The quantitative estimate of drug-likeness (QED) is 0.880. The third kappa shape index (κ3) is 3.35. The van der Waals surface area contributed by atoms with Gasteiger partial charge in [-0.15, -0.1) is 0 Å². The van der Waals surface area contributed by atoms with Crippen molar-refractivity contribution in [3.05, 3.63) is 59.2 Å². The molecule has 3 rings (SSSR count). The second kappa shape index (κ2) is 7.16. The van der Waals surface area contributed by atoms with Crippen molar-refractivity contribution in [1.29, 1.82) is 0 Å². The van der Waals surface area contributed by atoms with Crippen molar-refractivity contribution >= 4 is 5.97 Å². The maximum Gasteiger partial charge on any atom is 0.335 e. The SMILES string of the molecule is C[C@H](c1cccc(-c2ccc(C(=O)O)cc2CO)c1)N1CCCC1. The van der Waals surface area contributed by atoms with Crippen LogP contribution in [-0.2, 0) is 6.61 Å².